The van der Waals surface area contributed by atoms with Gasteiger partial charge in [-0.25, -0.2) is 9.97 Å². The predicted octanol–water partition coefficient (Wildman–Crippen LogP) is 2.85. The minimum Gasteiger partial charge on any atom is -0.376 e. The Kier molecular flexibility index (Phi) is 4.63. The zero-order valence-corrected chi connectivity index (χ0v) is 13.2. The van der Waals surface area contributed by atoms with E-state index in [9.17, 15) is 0 Å². The number of hydrogen-bond acceptors (Lipinski definition) is 5. The third kappa shape index (κ3) is 3.42. The Balaban J connectivity index is 1.87. The average molecular weight is 298 g/mol. The van der Waals surface area contributed by atoms with Crippen molar-refractivity contribution >= 4 is 5.82 Å². The molecule has 22 heavy (non-hydrogen) atoms. The lowest BCUT2D eigenvalue weighted by Gasteiger charge is -2.25. The lowest BCUT2D eigenvalue weighted by molar-refractivity contribution is 0.115. The minimum atomic E-state index is 0.319. The van der Waals surface area contributed by atoms with Crippen LogP contribution in [0.4, 0.5) is 5.82 Å². The van der Waals surface area contributed by atoms with Crippen molar-refractivity contribution in [3.8, 4) is 11.4 Å². The Bertz CT molecular complexity index is 611. The van der Waals surface area contributed by atoms with Crippen LogP contribution in [0.5, 0.6) is 0 Å². The molecular formula is C17H22N4O. The molecule has 0 radical (unpaired) electrons. The summed E-state index contributed by atoms with van der Waals surface area (Å²) in [6.45, 7) is 6.84. The van der Waals surface area contributed by atoms with E-state index in [1.54, 1.807) is 12.4 Å². The number of ether oxygens (including phenoxy) is 1. The van der Waals surface area contributed by atoms with Gasteiger partial charge in [-0.15, -0.1) is 0 Å². The van der Waals surface area contributed by atoms with Crippen molar-refractivity contribution in [1.82, 2.24) is 15.0 Å². The molecule has 5 heteroatoms. The third-order valence-electron chi connectivity index (χ3n) is 3.93. The minimum absolute atomic E-state index is 0.319. The molecule has 116 valence electrons. The molecule has 5 nitrogen and oxygen atoms in total. The van der Waals surface area contributed by atoms with Gasteiger partial charge in [-0.1, -0.05) is 0 Å². The standard InChI is InChI=1S/C17H22N4O/c1-3-21(12-15-5-4-10-22-15)16-11-13(2)19-17(20-16)14-6-8-18-9-7-14/h6-9,11,15H,3-5,10,12H2,1-2H3. The van der Waals surface area contributed by atoms with Gasteiger partial charge in [0, 0.05) is 49.4 Å². The molecule has 0 bridgehead atoms. The summed E-state index contributed by atoms with van der Waals surface area (Å²) >= 11 is 0. The first kappa shape index (κ1) is 14.9. The van der Waals surface area contributed by atoms with Crippen molar-refractivity contribution in [2.45, 2.75) is 32.8 Å². The summed E-state index contributed by atoms with van der Waals surface area (Å²) in [6, 6.07) is 5.92. The number of aromatic nitrogens is 3. The van der Waals surface area contributed by atoms with E-state index in [4.69, 9.17) is 9.72 Å². The van der Waals surface area contributed by atoms with Gasteiger partial charge < -0.3 is 9.64 Å². The Morgan fingerprint density at radius 3 is 2.77 bits per heavy atom. The molecule has 1 saturated heterocycles. The molecule has 1 unspecified atom stereocenters. The molecule has 2 aromatic heterocycles. The lowest BCUT2D eigenvalue weighted by atomic mass is 10.2. The van der Waals surface area contributed by atoms with Gasteiger partial charge in [0.1, 0.15) is 5.82 Å². The van der Waals surface area contributed by atoms with E-state index in [1.165, 1.54) is 0 Å². The van der Waals surface area contributed by atoms with Crippen LogP contribution < -0.4 is 4.90 Å². The van der Waals surface area contributed by atoms with Gasteiger partial charge in [0.25, 0.3) is 0 Å². The predicted molar refractivity (Wildman–Crippen MR) is 86.9 cm³/mol. The molecule has 1 atom stereocenters. The molecule has 0 spiro atoms. The second kappa shape index (κ2) is 6.83. The number of hydrogen-bond donors (Lipinski definition) is 0. The van der Waals surface area contributed by atoms with E-state index in [2.05, 4.69) is 21.8 Å². The lowest BCUT2D eigenvalue weighted by Crippen LogP contribution is -2.32. The molecule has 0 aromatic carbocycles. The van der Waals surface area contributed by atoms with E-state index in [1.807, 2.05) is 25.1 Å². The van der Waals surface area contributed by atoms with Gasteiger partial charge in [-0.05, 0) is 38.8 Å². The van der Waals surface area contributed by atoms with Gasteiger partial charge in [0.15, 0.2) is 5.82 Å². The summed E-state index contributed by atoms with van der Waals surface area (Å²) < 4.78 is 5.76. The SMILES string of the molecule is CCN(CC1CCCO1)c1cc(C)nc(-c2ccncc2)n1. The van der Waals surface area contributed by atoms with Gasteiger partial charge >= 0.3 is 0 Å². The smallest absolute Gasteiger partial charge is 0.161 e. The topological polar surface area (TPSA) is 51.1 Å². The van der Waals surface area contributed by atoms with Gasteiger partial charge in [-0.2, -0.15) is 0 Å². The van der Waals surface area contributed by atoms with Crippen molar-refractivity contribution in [2.24, 2.45) is 0 Å². The summed E-state index contributed by atoms with van der Waals surface area (Å²) in [6.07, 6.45) is 6.15. The third-order valence-corrected chi connectivity index (χ3v) is 3.93. The molecule has 1 fully saturated rings. The highest BCUT2D eigenvalue weighted by Crippen LogP contribution is 2.21. The Morgan fingerprint density at radius 2 is 2.09 bits per heavy atom. The van der Waals surface area contributed by atoms with Crippen molar-refractivity contribution in [3.05, 3.63) is 36.3 Å². The van der Waals surface area contributed by atoms with E-state index in [0.29, 0.717) is 6.10 Å². The molecule has 0 aliphatic carbocycles. The highest BCUT2D eigenvalue weighted by molar-refractivity contribution is 5.57. The quantitative estimate of drug-likeness (QED) is 0.849. The van der Waals surface area contributed by atoms with E-state index >= 15 is 0 Å². The van der Waals surface area contributed by atoms with Gasteiger partial charge in [0.2, 0.25) is 0 Å². The fourth-order valence-corrected chi connectivity index (χ4v) is 2.76. The maximum atomic E-state index is 5.76. The summed E-state index contributed by atoms with van der Waals surface area (Å²) in [4.78, 5) is 15.6. The van der Waals surface area contributed by atoms with Crippen LogP contribution in [0.2, 0.25) is 0 Å². The summed E-state index contributed by atoms with van der Waals surface area (Å²) in [5.74, 6) is 1.72. The first-order chi connectivity index (χ1) is 10.8. The first-order valence-corrected chi connectivity index (χ1v) is 7.89. The maximum absolute atomic E-state index is 5.76. The maximum Gasteiger partial charge on any atom is 0.161 e. The summed E-state index contributed by atoms with van der Waals surface area (Å²) in [5.41, 5.74) is 1.97. The van der Waals surface area contributed by atoms with Crippen LogP contribution >= 0.6 is 0 Å². The van der Waals surface area contributed by atoms with Crippen LogP contribution in [-0.2, 0) is 4.74 Å². The number of likely N-dealkylation sites (N-methyl/N-ethyl adjacent to an activating group) is 1. The first-order valence-electron chi connectivity index (χ1n) is 7.89. The second-order valence-electron chi connectivity index (χ2n) is 5.60. The van der Waals surface area contributed by atoms with Crippen molar-refractivity contribution in [3.63, 3.8) is 0 Å². The van der Waals surface area contributed by atoms with E-state index in [0.717, 1.165) is 55.4 Å². The molecule has 1 aliphatic rings. The number of aryl methyl sites for hydroxylation is 1. The molecule has 3 rings (SSSR count). The van der Waals surface area contributed by atoms with Crippen LogP contribution in [0.1, 0.15) is 25.5 Å². The second-order valence-corrected chi connectivity index (χ2v) is 5.60. The molecule has 3 heterocycles. The summed E-state index contributed by atoms with van der Waals surface area (Å²) in [5, 5.41) is 0. The molecule has 0 amide bonds. The highest BCUT2D eigenvalue weighted by Gasteiger charge is 2.20. The molecular weight excluding hydrogens is 276 g/mol. The average Bonchev–Trinajstić information content (AvgIpc) is 3.06. The van der Waals surface area contributed by atoms with Gasteiger partial charge in [0.05, 0.1) is 6.10 Å². The van der Waals surface area contributed by atoms with E-state index in [-0.39, 0.29) is 0 Å². The van der Waals surface area contributed by atoms with E-state index < -0.39 is 0 Å². The number of nitrogens with zero attached hydrogens (tertiary/aromatic N) is 4. The Hall–Kier alpha value is -2.01. The number of rotatable bonds is 5. The zero-order chi connectivity index (χ0) is 15.4. The molecule has 0 N–H and O–H groups in total. The Labute approximate surface area is 131 Å². The molecule has 2 aromatic rings. The van der Waals surface area contributed by atoms with Crippen LogP contribution in [0.15, 0.2) is 30.6 Å². The highest BCUT2D eigenvalue weighted by atomic mass is 16.5. The zero-order valence-electron chi connectivity index (χ0n) is 13.2. The van der Waals surface area contributed by atoms with Crippen LogP contribution in [-0.4, -0.2) is 40.8 Å². The largest absolute Gasteiger partial charge is 0.376 e. The van der Waals surface area contributed by atoms with Crippen molar-refractivity contribution in [2.75, 3.05) is 24.6 Å². The normalized spacial score (nSPS) is 17.6. The fraction of sp³-hybridized carbons (Fsp3) is 0.471. The molecule has 0 saturated carbocycles. The van der Waals surface area contributed by atoms with Gasteiger partial charge in [-0.3, -0.25) is 4.98 Å². The van der Waals surface area contributed by atoms with Crippen LogP contribution in [0.25, 0.3) is 11.4 Å². The summed E-state index contributed by atoms with van der Waals surface area (Å²) in [7, 11) is 0. The monoisotopic (exact) mass is 298 g/mol. The van der Waals surface area contributed by atoms with Crippen LogP contribution in [0, 0.1) is 6.92 Å². The Morgan fingerprint density at radius 1 is 1.27 bits per heavy atom. The molecule has 1 aliphatic heterocycles. The van der Waals surface area contributed by atoms with Crippen molar-refractivity contribution in [1.29, 1.82) is 0 Å². The van der Waals surface area contributed by atoms with Crippen LogP contribution in [0.3, 0.4) is 0 Å². The van der Waals surface area contributed by atoms with Crippen molar-refractivity contribution < 1.29 is 4.74 Å². The fourth-order valence-electron chi connectivity index (χ4n) is 2.76. The number of anilines is 1. The number of pyridine rings is 1.